The Morgan fingerprint density at radius 3 is 1.78 bits per heavy atom. The quantitative estimate of drug-likeness (QED) is 0.481. The van der Waals surface area contributed by atoms with E-state index in [1.165, 1.54) is 4.90 Å². The molecule has 0 aliphatic carbocycles. The number of carbonyl (C=O) groups excluding carboxylic acids is 3. The van der Waals surface area contributed by atoms with Gasteiger partial charge in [0.25, 0.3) is 0 Å². The van der Waals surface area contributed by atoms with Crippen molar-refractivity contribution in [3.8, 4) is 0 Å². The van der Waals surface area contributed by atoms with Crippen molar-refractivity contribution in [3.05, 3.63) is 0 Å². The van der Waals surface area contributed by atoms with Gasteiger partial charge in [-0.25, -0.2) is 4.79 Å². The van der Waals surface area contributed by atoms with Gasteiger partial charge in [-0.15, -0.1) is 0 Å². The van der Waals surface area contributed by atoms with Crippen molar-refractivity contribution in [1.82, 2.24) is 25.3 Å². The van der Waals surface area contributed by atoms with E-state index in [0.29, 0.717) is 32.8 Å². The summed E-state index contributed by atoms with van der Waals surface area (Å²) in [4.78, 5) is 42.1. The fraction of sp³-hybridized carbons (Fsp3) is 0.824. The van der Waals surface area contributed by atoms with Gasteiger partial charge in [-0.3, -0.25) is 14.5 Å². The molecule has 0 aromatic carbocycles. The molecule has 2 N–H and O–H groups in total. The molecule has 2 aliphatic rings. The largest absolute Gasteiger partial charge is 0.447 e. The van der Waals surface area contributed by atoms with E-state index in [0.717, 1.165) is 26.2 Å². The van der Waals surface area contributed by atoms with Crippen molar-refractivity contribution >= 4 is 17.9 Å². The van der Waals surface area contributed by atoms with Crippen LogP contribution in [-0.4, -0.2) is 118 Å². The topological polar surface area (TPSA) is 103 Å². The van der Waals surface area contributed by atoms with Gasteiger partial charge in [-0.2, -0.15) is 0 Å². The van der Waals surface area contributed by atoms with E-state index in [4.69, 9.17) is 9.47 Å². The summed E-state index contributed by atoms with van der Waals surface area (Å²) in [7, 11) is 0. The lowest BCUT2D eigenvalue weighted by molar-refractivity contribution is -0.135. The van der Waals surface area contributed by atoms with Gasteiger partial charge in [0, 0.05) is 59.0 Å². The van der Waals surface area contributed by atoms with Crippen molar-refractivity contribution in [2.75, 3.05) is 85.3 Å². The summed E-state index contributed by atoms with van der Waals surface area (Å²) in [6.45, 7) is 7.72. The van der Waals surface area contributed by atoms with Crippen molar-refractivity contribution in [1.29, 1.82) is 0 Å². The second-order valence-corrected chi connectivity index (χ2v) is 6.43. The molecule has 2 heterocycles. The molecule has 0 atom stereocenters. The summed E-state index contributed by atoms with van der Waals surface area (Å²) >= 11 is 0. The third kappa shape index (κ3) is 7.31. The maximum absolute atomic E-state index is 12.5. The van der Waals surface area contributed by atoms with Crippen LogP contribution in [0.5, 0.6) is 0 Å². The molecule has 0 aromatic rings. The van der Waals surface area contributed by atoms with Crippen LogP contribution in [0.3, 0.4) is 0 Å². The van der Waals surface area contributed by atoms with Crippen LogP contribution in [0.2, 0.25) is 0 Å². The fourth-order valence-corrected chi connectivity index (χ4v) is 2.96. The first-order valence-electron chi connectivity index (χ1n) is 9.58. The minimum atomic E-state index is -0.665. The molecule has 10 nitrogen and oxygen atoms in total. The van der Waals surface area contributed by atoms with E-state index in [2.05, 4.69) is 10.6 Å². The SMILES string of the molecule is CCOCCOC(=O)N(CC(=O)N1CCNCC1)CC(=O)N1CCNCC1. The molecule has 0 radical (unpaired) electrons. The number of piperazine rings is 2. The highest BCUT2D eigenvalue weighted by Crippen LogP contribution is 2.03. The van der Waals surface area contributed by atoms with Gasteiger partial charge in [-0.1, -0.05) is 0 Å². The highest BCUT2D eigenvalue weighted by molar-refractivity contribution is 5.87. The molecule has 2 rings (SSSR count). The van der Waals surface area contributed by atoms with Crippen LogP contribution in [0.1, 0.15) is 6.92 Å². The Hall–Kier alpha value is -1.91. The van der Waals surface area contributed by atoms with Crippen LogP contribution >= 0.6 is 0 Å². The molecule has 2 aliphatic heterocycles. The standard InChI is InChI=1S/C17H31N5O5/c1-2-26-11-12-27-17(25)22(13-15(23)20-7-3-18-4-8-20)14-16(24)21-9-5-19-6-10-21/h18-19H,2-14H2,1H3. The van der Waals surface area contributed by atoms with Crippen LogP contribution in [0, 0.1) is 0 Å². The molecule has 3 amide bonds. The normalized spacial score (nSPS) is 17.5. The highest BCUT2D eigenvalue weighted by Gasteiger charge is 2.27. The molecule has 0 spiro atoms. The summed E-state index contributed by atoms with van der Waals surface area (Å²) in [5.41, 5.74) is 0. The second-order valence-electron chi connectivity index (χ2n) is 6.43. The van der Waals surface area contributed by atoms with E-state index < -0.39 is 6.09 Å². The Kier molecular flexibility index (Phi) is 9.29. The molecule has 27 heavy (non-hydrogen) atoms. The number of hydrogen-bond acceptors (Lipinski definition) is 7. The number of nitrogens with zero attached hydrogens (tertiary/aromatic N) is 3. The van der Waals surface area contributed by atoms with Crippen LogP contribution in [0.4, 0.5) is 4.79 Å². The Balaban J connectivity index is 1.92. The van der Waals surface area contributed by atoms with Gasteiger partial charge < -0.3 is 29.9 Å². The maximum atomic E-state index is 12.5. The molecule has 0 unspecified atom stereocenters. The molecule has 154 valence electrons. The Morgan fingerprint density at radius 2 is 1.33 bits per heavy atom. The van der Waals surface area contributed by atoms with Crippen LogP contribution < -0.4 is 10.6 Å². The summed E-state index contributed by atoms with van der Waals surface area (Å²) < 4.78 is 10.3. The van der Waals surface area contributed by atoms with Crippen LogP contribution in [-0.2, 0) is 19.1 Å². The Morgan fingerprint density at radius 1 is 0.852 bits per heavy atom. The van der Waals surface area contributed by atoms with E-state index >= 15 is 0 Å². The third-order valence-electron chi connectivity index (χ3n) is 4.51. The molecule has 10 heteroatoms. The zero-order valence-electron chi connectivity index (χ0n) is 16.1. The predicted molar refractivity (Wildman–Crippen MR) is 98.3 cm³/mol. The first-order valence-corrected chi connectivity index (χ1v) is 9.58. The van der Waals surface area contributed by atoms with Crippen molar-refractivity contribution in [3.63, 3.8) is 0 Å². The lowest BCUT2D eigenvalue weighted by Crippen LogP contribution is -2.53. The van der Waals surface area contributed by atoms with Crippen molar-refractivity contribution < 1.29 is 23.9 Å². The first kappa shape index (κ1) is 21.4. The number of amides is 3. The minimum absolute atomic E-state index is 0.0901. The number of carbonyl (C=O) groups is 3. The van der Waals surface area contributed by atoms with E-state index in [9.17, 15) is 14.4 Å². The lowest BCUT2D eigenvalue weighted by atomic mass is 10.3. The highest BCUT2D eigenvalue weighted by atomic mass is 16.6. The number of nitrogens with one attached hydrogen (secondary N) is 2. The number of ether oxygens (including phenoxy) is 2. The van der Waals surface area contributed by atoms with E-state index in [1.807, 2.05) is 6.92 Å². The summed E-state index contributed by atoms with van der Waals surface area (Å²) in [5.74, 6) is -0.349. The molecule has 0 saturated carbocycles. The van der Waals surface area contributed by atoms with Gasteiger partial charge in [0.1, 0.15) is 19.7 Å². The second kappa shape index (κ2) is 11.7. The molecular weight excluding hydrogens is 354 g/mol. The smallest absolute Gasteiger partial charge is 0.410 e. The Bertz CT molecular complexity index is 460. The minimum Gasteiger partial charge on any atom is -0.447 e. The first-order chi connectivity index (χ1) is 13.1. The van der Waals surface area contributed by atoms with Gasteiger partial charge in [-0.05, 0) is 6.92 Å². The average Bonchev–Trinajstić information content (AvgIpc) is 2.71. The molecular formula is C17H31N5O5. The van der Waals surface area contributed by atoms with Gasteiger partial charge >= 0.3 is 6.09 Å². The summed E-state index contributed by atoms with van der Waals surface area (Å²) in [6, 6.07) is 0. The van der Waals surface area contributed by atoms with E-state index in [-0.39, 0.29) is 38.1 Å². The van der Waals surface area contributed by atoms with Gasteiger partial charge in [0.15, 0.2) is 0 Å². The third-order valence-corrected chi connectivity index (χ3v) is 4.51. The van der Waals surface area contributed by atoms with Crippen molar-refractivity contribution in [2.24, 2.45) is 0 Å². The fourth-order valence-electron chi connectivity index (χ4n) is 2.96. The predicted octanol–water partition coefficient (Wildman–Crippen LogP) is -1.67. The van der Waals surface area contributed by atoms with Gasteiger partial charge in [0.05, 0.1) is 6.61 Å². The zero-order valence-corrected chi connectivity index (χ0v) is 16.1. The summed E-state index contributed by atoms with van der Waals surface area (Å²) in [6.07, 6.45) is -0.665. The van der Waals surface area contributed by atoms with E-state index in [1.54, 1.807) is 9.80 Å². The lowest BCUT2D eigenvalue weighted by Gasteiger charge is -2.32. The summed E-state index contributed by atoms with van der Waals surface area (Å²) in [5, 5.41) is 6.36. The van der Waals surface area contributed by atoms with Gasteiger partial charge in [0.2, 0.25) is 11.8 Å². The monoisotopic (exact) mass is 385 g/mol. The number of rotatable bonds is 8. The Labute approximate surface area is 160 Å². The van der Waals surface area contributed by atoms with Crippen LogP contribution in [0.15, 0.2) is 0 Å². The van der Waals surface area contributed by atoms with Crippen LogP contribution in [0.25, 0.3) is 0 Å². The van der Waals surface area contributed by atoms with Crippen molar-refractivity contribution in [2.45, 2.75) is 6.92 Å². The maximum Gasteiger partial charge on any atom is 0.410 e. The molecule has 0 bridgehead atoms. The molecule has 0 aromatic heterocycles. The molecule has 2 saturated heterocycles. The zero-order chi connectivity index (χ0) is 19.5. The number of hydrogen-bond donors (Lipinski definition) is 2. The average molecular weight is 385 g/mol. The molecule has 2 fully saturated rings.